The Kier molecular flexibility index (Phi) is 7.03. The monoisotopic (exact) mass is 390 g/mol. The summed E-state index contributed by atoms with van der Waals surface area (Å²) in [5, 5.41) is 0. The summed E-state index contributed by atoms with van der Waals surface area (Å²) in [5.41, 5.74) is 0.846. The van der Waals surface area contributed by atoms with E-state index in [4.69, 9.17) is 4.74 Å². The van der Waals surface area contributed by atoms with Crippen molar-refractivity contribution < 1.29 is 17.9 Å². The van der Waals surface area contributed by atoms with Crippen LogP contribution in [0, 0.1) is 23.4 Å². The van der Waals surface area contributed by atoms with Crippen LogP contribution in [0.15, 0.2) is 30.3 Å². The maximum Gasteiger partial charge on any atom is 0.166 e. The van der Waals surface area contributed by atoms with Crippen molar-refractivity contribution in [1.82, 2.24) is 0 Å². The van der Waals surface area contributed by atoms with Crippen molar-refractivity contribution in [1.29, 1.82) is 0 Å². The highest BCUT2D eigenvalue weighted by molar-refractivity contribution is 5.66. The fraction of sp³-hybridized carbons (Fsp3) is 0.500. The van der Waals surface area contributed by atoms with E-state index in [0.29, 0.717) is 11.1 Å². The largest absolute Gasteiger partial charge is 0.494 e. The number of methoxy groups -OCH3 is 1. The lowest BCUT2D eigenvalue weighted by Gasteiger charge is -2.29. The van der Waals surface area contributed by atoms with Gasteiger partial charge in [0.2, 0.25) is 0 Å². The third-order valence-corrected chi connectivity index (χ3v) is 6.08. The number of halogens is 3. The first kappa shape index (κ1) is 20.8. The van der Waals surface area contributed by atoms with Crippen molar-refractivity contribution in [2.45, 2.75) is 64.2 Å². The third-order valence-electron chi connectivity index (χ3n) is 6.08. The Labute approximate surface area is 165 Å². The van der Waals surface area contributed by atoms with Crippen molar-refractivity contribution >= 4 is 0 Å². The van der Waals surface area contributed by atoms with Gasteiger partial charge in [0.15, 0.2) is 23.2 Å². The zero-order valence-electron chi connectivity index (χ0n) is 16.7. The van der Waals surface area contributed by atoms with Crippen molar-refractivity contribution in [2.75, 3.05) is 7.11 Å². The van der Waals surface area contributed by atoms with Gasteiger partial charge in [-0.25, -0.2) is 13.2 Å². The topological polar surface area (TPSA) is 9.23 Å². The maximum absolute atomic E-state index is 14.8. The molecule has 0 N–H and O–H groups in total. The summed E-state index contributed by atoms with van der Waals surface area (Å²) in [5.74, 6) is -1.41. The predicted molar refractivity (Wildman–Crippen MR) is 107 cm³/mol. The zero-order chi connectivity index (χ0) is 20.1. The molecule has 1 saturated carbocycles. The van der Waals surface area contributed by atoms with E-state index in [1.807, 2.05) is 0 Å². The first-order valence-electron chi connectivity index (χ1n) is 10.4. The van der Waals surface area contributed by atoms with Gasteiger partial charge >= 0.3 is 0 Å². The second kappa shape index (κ2) is 9.49. The molecule has 0 spiro atoms. The van der Waals surface area contributed by atoms with Crippen LogP contribution < -0.4 is 4.74 Å². The zero-order valence-corrected chi connectivity index (χ0v) is 16.7. The van der Waals surface area contributed by atoms with E-state index < -0.39 is 17.5 Å². The van der Waals surface area contributed by atoms with Crippen LogP contribution >= 0.6 is 0 Å². The van der Waals surface area contributed by atoms with Gasteiger partial charge in [0.25, 0.3) is 0 Å². The van der Waals surface area contributed by atoms with Crippen molar-refractivity contribution in [3.63, 3.8) is 0 Å². The quantitative estimate of drug-likeness (QED) is 0.442. The molecular weight excluding hydrogens is 361 g/mol. The van der Waals surface area contributed by atoms with Gasteiger partial charge in [0.05, 0.1) is 7.11 Å². The molecule has 1 fully saturated rings. The number of ether oxygens (including phenoxy) is 1. The molecule has 0 bridgehead atoms. The molecule has 1 aliphatic rings. The van der Waals surface area contributed by atoms with E-state index >= 15 is 0 Å². The van der Waals surface area contributed by atoms with Crippen molar-refractivity contribution in [3.8, 4) is 16.9 Å². The minimum absolute atomic E-state index is 0.0681. The summed E-state index contributed by atoms with van der Waals surface area (Å²) in [6.07, 6.45) is 8.99. The lowest BCUT2D eigenvalue weighted by Crippen LogP contribution is -2.15. The molecule has 4 heteroatoms. The molecule has 1 aliphatic carbocycles. The normalized spacial score (nSPS) is 19.6. The van der Waals surface area contributed by atoms with Gasteiger partial charge < -0.3 is 4.74 Å². The first-order chi connectivity index (χ1) is 13.5. The highest BCUT2D eigenvalue weighted by Crippen LogP contribution is 2.40. The SMILES string of the molecule is CCCCCC1CCC(c2ccc(-c3ccc(OC)c(F)c3)c(F)c2F)CC1. The maximum atomic E-state index is 14.8. The molecule has 2 aromatic rings. The second-order valence-corrected chi connectivity index (χ2v) is 7.89. The summed E-state index contributed by atoms with van der Waals surface area (Å²) < 4.78 is 48.4. The van der Waals surface area contributed by atoms with Crippen LogP contribution in [0.3, 0.4) is 0 Å². The molecule has 0 saturated heterocycles. The van der Waals surface area contributed by atoms with Crippen molar-refractivity contribution in [2.24, 2.45) is 5.92 Å². The van der Waals surface area contributed by atoms with Crippen LogP contribution in [0.25, 0.3) is 11.1 Å². The fourth-order valence-electron chi connectivity index (χ4n) is 4.38. The van der Waals surface area contributed by atoms with Crippen LogP contribution in [0.2, 0.25) is 0 Å². The summed E-state index contributed by atoms with van der Waals surface area (Å²) in [6.45, 7) is 2.21. The van der Waals surface area contributed by atoms with E-state index in [-0.39, 0.29) is 17.2 Å². The summed E-state index contributed by atoms with van der Waals surface area (Å²) in [6, 6.07) is 7.40. The molecule has 2 aromatic carbocycles. The molecule has 1 nitrogen and oxygen atoms in total. The Morgan fingerprint density at radius 3 is 2.32 bits per heavy atom. The molecule has 28 heavy (non-hydrogen) atoms. The van der Waals surface area contributed by atoms with Gasteiger partial charge in [-0.1, -0.05) is 50.8 Å². The Morgan fingerprint density at radius 1 is 0.929 bits per heavy atom. The van der Waals surface area contributed by atoms with Crippen molar-refractivity contribution in [3.05, 3.63) is 53.3 Å². The highest BCUT2D eigenvalue weighted by atomic mass is 19.2. The minimum Gasteiger partial charge on any atom is -0.494 e. The molecule has 0 aromatic heterocycles. The molecule has 0 radical (unpaired) electrons. The average Bonchev–Trinajstić information content (AvgIpc) is 2.71. The Hall–Kier alpha value is -1.97. The Balaban J connectivity index is 1.73. The van der Waals surface area contributed by atoms with Gasteiger partial charge in [-0.15, -0.1) is 0 Å². The number of hydrogen-bond donors (Lipinski definition) is 0. The summed E-state index contributed by atoms with van der Waals surface area (Å²) >= 11 is 0. The number of rotatable bonds is 7. The first-order valence-corrected chi connectivity index (χ1v) is 10.4. The van der Waals surface area contributed by atoms with E-state index in [9.17, 15) is 13.2 Å². The minimum atomic E-state index is -0.896. The molecule has 0 aliphatic heterocycles. The summed E-state index contributed by atoms with van der Waals surface area (Å²) in [4.78, 5) is 0. The highest BCUT2D eigenvalue weighted by Gasteiger charge is 2.26. The van der Waals surface area contributed by atoms with Crippen LogP contribution in [0.4, 0.5) is 13.2 Å². The van der Waals surface area contributed by atoms with Crippen LogP contribution in [0.1, 0.15) is 69.8 Å². The van der Waals surface area contributed by atoms with Crippen LogP contribution in [-0.4, -0.2) is 7.11 Å². The number of hydrogen-bond acceptors (Lipinski definition) is 1. The smallest absolute Gasteiger partial charge is 0.166 e. The van der Waals surface area contributed by atoms with E-state index in [2.05, 4.69) is 6.92 Å². The van der Waals surface area contributed by atoms with Gasteiger partial charge in [-0.2, -0.15) is 0 Å². The van der Waals surface area contributed by atoms with E-state index in [1.54, 1.807) is 18.2 Å². The van der Waals surface area contributed by atoms with E-state index in [1.165, 1.54) is 44.9 Å². The lowest BCUT2D eigenvalue weighted by molar-refractivity contribution is 0.298. The van der Waals surface area contributed by atoms with Gasteiger partial charge in [-0.05, 0) is 60.8 Å². The molecule has 152 valence electrons. The second-order valence-electron chi connectivity index (χ2n) is 7.89. The van der Waals surface area contributed by atoms with Gasteiger partial charge in [0.1, 0.15) is 0 Å². The molecule has 3 rings (SSSR count). The number of unbranched alkanes of at least 4 members (excludes halogenated alkanes) is 2. The molecule has 0 heterocycles. The molecule has 0 atom stereocenters. The van der Waals surface area contributed by atoms with Crippen LogP contribution in [0.5, 0.6) is 5.75 Å². The molecular formula is C24H29F3O. The Bertz CT molecular complexity index is 795. The standard InChI is InChI=1S/C24H29F3O/c1-3-4-5-6-16-7-9-17(10-8-16)19-12-13-20(24(27)23(19)26)18-11-14-22(28-2)21(25)15-18/h11-17H,3-10H2,1-2H3. The van der Waals surface area contributed by atoms with Gasteiger partial charge in [-0.3, -0.25) is 0 Å². The third kappa shape index (κ3) is 4.53. The van der Waals surface area contributed by atoms with Gasteiger partial charge in [0, 0.05) is 5.56 Å². The van der Waals surface area contributed by atoms with E-state index in [0.717, 1.165) is 31.6 Å². The Morgan fingerprint density at radius 2 is 1.68 bits per heavy atom. The number of benzene rings is 2. The van der Waals surface area contributed by atoms with Crippen LogP contribution in [-0.2, 0) is 0 Å². The molecule has 0 amide bonds. The average molecular weight is 390 g/mol. The lowest BCUT2D eigenvalue weighted by atomic mass is 9.76. The summed E-state index contributed by atoms with van der Waals surface area (Å²) in [7, 11) is 1.37. The molecule has 0 unspecified atom stereocenters. The predicted octanol–water partition coefficient (Wildman–Crippen LogP) is 7.63. The fourth-order valence-corrected chi connectivity index (χ4v) is 4.38.